The summed E-state index contributed by atoms with van der Waals surface area (Å²) in [7, 11) is 0. The number of hydrogen-bond acceptors (Lipinski definition) is 3. The number of carbonyl (C=O) groups excluding carboxylic acids is 1. The number of nitrogens with one attached hydrogen (secondary N) is 1. The van der Waals surface area contributed by atoms with E-state index in [1.165, 1.54) is 16.7 Å². The Morgan fingerprint density at radius 2 is 1.70 bits per heavy atom. The van der Waals surface area contributed by atoms with E-state index in [0.29, 0.717) is 12.8 Å². The summed E-state index contributed by atoms with van der Waals surface area (Å²) in [4.78, 5) is 20.3. The van der Waals surface area contributed by atoms with Gasteiger partial charge in [0.2, 0.25) is 0 Å². The fraction of sp³-hybridized carbons (Fsp3) is 0.241. The molecule has 33 heavy (non-hydrogen) atoms. The smallest absolute Gasteiger partial charge is 0.163 e. The molecule has 1 aliphatic rings. The molecule has 0 amide bonds. The molecule has 1 aromatic heterocycles. The van der Waals surface area contributed by atoms with Crippen LogP contribution in [0.2, 0.25) is 0 Å². The molecule has 4 aromatic rings. The minimum Gasteiger partial charge on any atom is -0.485 e. The number of aromatic nitrogens is 2. The van der Waals surface area contributed by atoms with Crippen molar-refractivity contribution in [3.8, 4) is 5.75 Å². The van der Waals surface area contributed by atoms with Gasteiger partial charge < -0.3 is 9.72 Å². The molecule has 0 bridgehead atoms. The molecule has 0 radical (unpaired) electrons. The predicted molar refractivity (Wildman–Crippen MR) is 130 cm³/mol. The maximum absolute atomic E-state index is 12.6. The largest absolute Gasteiger partial charge is 0.485 e. The lowest BCUT2D eigenvalue weighted by atomic mass is 9.85. The summed E-state index contributed by atoms with van der Waals surface area (Å²) in [6.07, 6.45) is 8.31. The third-order valence-corrected chi connectivity index (χ3v) is 6.40. The molecule has 4 nitrogen and oxygen atoms in total. The van der Waals surface area contributed by atoms with E-state index in [1.54, 1.807) is 6.20 Å². The Bertz CT molecular complexity index is 1200. The van der Waals surface area contributed by atoms with Crippen LogP contribution in [0.3, 0.4) is 0 Å². The second-order valence-electron chi connectivity index (χ2n) is 8.59. The lowest BCUT2D eigenvalue weighted by molar-refractivity contribution is 0.0972. The molecular formula is C29H28N2O2. The summed E-state index contributed by atoms with van der Waals surface area (Å²) in [6, 6.07) is 24.8. The number of nitrogens with zero attached hydrogens (tertiary/aromatic N) is 1. The molecule has 3 aromatic carbocycles. The second kappa shape index (κ2) is 9.86. The molecule has 1 aliphatic carbocycles. The van der Waals surface area contributed by atoms with E-state index >= 15 is 0 Å². The van der Waals surface area contributed by atoms with Crippen molar-refractivity contribution in [3.63, 3.8) is 0 Å². The van der Waals surface area contributed by atoms with Crippen molar-refractivity contribution in [2.24, 2.45) is 0 Å². The van der Waals surface area contributed by atoms with Crippen LogP contribution in [0.4, 0.5) is 0 Å². The minimum absolute atomic E-state index is 0.176. The highest BCUT2D eigenvalue weighted by atomic mass is 16.5. The normalized spacial score (nSPS) is 14.0. The van der Waals surface area contributed by atoms with Gasteiger partial charge in [0, 0.05) is 30.8 Å². The summed E-state index contributed by atoms with van der Waals surface area (Å²) in [5.41, 5.74) is 5.61. The summed E-state index contributed by atoms with van der Waals surface area (Å²) >= 11 is 0. The van der Waals surface area contributed by atoms with Crippen LogP contribution >= 0.6 is 0 Å². The van der Waals surface area contributed by atoms with Crippen LogP contribution < -0.4 is 4.74 Å². The minimum atomic E-state index is -0.176. The van der Waals surface area contributed by atoms with Gasteiger partial charge in [-0.1, -0.05) is 60.7 Å². The Kier molecular flexibility index (Phi) is 6.34. The van der Waals surface area contributed by atoms with Gasteiger partial charge in [0.25, 0.3) is 0 Å². The number of rotatable bonds is 8. The first-order chi connectivity index (χ1) is 16.3. The quantitative estimate of drug-likeness (QED) is 0.364. The van der Waals surface area contributed by atoms with Crippen molar-refractivity contribution in [2.75, 3.05) is 0 Å². The molecule has 0 saturated heterocycles. The van der Waals surface area contributed by atoms with Crippen molar-refractivity contribution < 1.29 is 9.53 Å². The number of hydrogen-bond donors (Lipinski definition) is 1. The van der Waals surface area contributed by atoms with Crippen LogP contribution in [-0.2, 0) is 25.7 Å². The highest BCUT2D eigenvalue weighted by Crippen LogP contribution is 2.35. The molecule has 0 unspecified atom stereocenters. The first-order valence-corrected chi connectivity index (χ1v) is 11.7. The van der Waals surface area contributed by atoms with Crippen LogP contribution in [0.25, 0.3) is 0 Å². The topological polar surface area (TPSA) is 55.0 Å². The number of ketones is 1. The van der Waals surface area contributed by atoms with Crippen LogP contribution in [0.5, 0.6) is 5.75 Å². The van der Waals surface area contributed by atoms with E-state index in [-0.39, 0.29) is 11.9 Å². The van der Waals surface area contributed by atoms with E-state index in [9.17, 15) is 4.79 Å². The van der Waals surface area contributed by atoms with Gasteiger partial charge in [-0.25, -0.2) is 4.98 Å². The fourth-order valence-corrected chi connectivity index (χ4v) is 4.71. The maximum atomic E-state index is 12.6. The Labute approximate surface area is 194 Å². The first-order valence-electron chi connectivity index (χ1n) is 11.7. The number of H-pyrrole nitrogens is 1. The molecule has 0 fully saturated rings. The Morgan fingerprint density at radius 1 is 0.909 bits per heavy atom. The number of aryl methyl sites for hydroxylation is 1. The molecule has 1 heterocycles. The van der Waals surface area contributed by atoms with Gasteiger partial charge >= 0.3 is 0 Å². The molecule has 1 atom stereocenters. The third kappa shape index (κ3) is 4.90. The number of Topliss-reactive ketones (excluding diaryl/α,β-unsaturated/α-hetero) is 1. The van der Waals surface area contributed by atoms with Crippen molar-refractivity contribution in [3.05, 3.63) is 119 Å². The van der Waals surface area contributed by atoms with E-state index in [2.05, 4.69) is 46.4 Å². The number of ether oxygens (including phenoxy) is 1. The zero-order valence-corrected chi connectivity index (χ0v) is 18.7. The lowest BCUT2D eigenvalue weighted by Gasteiger charge is -2.25. The Morgan fingerprint density at radius 3 is 2.45 bits per heavy atom. The van der Waals surface area contributed by atoms with Crippen molar-refractivity contribution >= 4 is 5.78 Å². The van der Waals surface area contributed by atoms with Crippen molar-refractivity contribution in [1.29, 1.82) is 0 Å². The molecule has 5 rings (SSSR count). The molecule has 0 saturated carbocycles. The van der Waals surface area contributed by atoms with Gasteiger partial charge in [-0.2, -0.15) is 0 Å². The molecule has 0 spiro atoms. The first kappa shape index (κ1) is 21.2. The Hall–Kier alpha value is -3.66. The fourth-order valence-electron chi connectivity index (χ4n) is 4.71. The monoisotopic (exact) mass is 436 g/mol. The highest BCUT2D eigenvalue weighted by Gasteiger charge is 2.24. The van der Waals surface area contributed by atoms with Crippen LogP contribution in [0.1, 0.15) is 57.4 Å². The number of imidazole rings is 1. The average molecular weight is 437 g/mol. The number of carbonyl (C=O) groups is 1. The van der Waals surface area contributed by atoms with Gasteiger partial charge in [-0.15, -0.1) is 0 Å². The highest BCUT2D eigenvalue weighted by molar-refractivity contribution is 5.99. The lowest BCUT2D eigenvalue weighted by Crippen LogP contribution is -2.17. The maximum Gasteiger partial charge on any atom is 0.163 e. The summed E-state index contributed by atoms with van der Waals surface area (Å²) in [5.74, 6) is 2.02. The SMILES string of the molecule is O=C1CCCc2c1ccc(O[C@@H](Cc1ncc[nH]1)c1ccccc1)c2CCc1ccccc1. The van der Waals surface area contributed by atoms with Gasteiger partial charge in [-0.05, 0) is 60.1 Å². The Balaban J connectivity index is 1.50. The van der Waals surface area contributed by atoms with Gasteiger partial charge in [0.1, 0.15) is 17.7 Å². The van der Waals surface area contributed by atoms with Crippen molar-refractivity contribution in [2.45, 2.75) is 44.6 Å². The summed E-state index contributed by atoms with van der Waals surface area (Å²) in [5, 5.41) is 0. The average Bonchev–Trinajstić information content (AvgIpc) is 3.37. The number of aromatic amines is 1. The predicted octanol–water partition coefficient (Wildman–Crippen LogP) is 6.08. The van der Waals surface area contributed by atoms with Gasteiger partial charge in [0.15, 0.2) is 5.78 Å². The molecule has 4 heteroatoms. The molecular weight excluding hydrogens is 408 g/mol. The van der Waals surface area contributed by atoms with Gasteiger partial charge in [-0.3, -0.25) is 4.79 Å². The number of benzene rings is 3. The van der Waals surface area contributed by atoms with E-state index < -0.39 is 0 Å². The molecule has 0 aliphatic heterocycles. The third-order valence-electron chi connectivity index (χ3n) is 6.40. The molecule has 166 valence electrons. The van der Waals surface area contributed by atoms with Crippen molar-refractivity contribution in [1.82, 2.24) is 9.97 Å². The van der Waals surface area contributed by atoms with E-state index in [4.69, 9.17) is 4.74 Å². The van der Waals surface area contributed by atoms with Crippen LogP contribution in [0, 0.1) is 0 Å². The second-order valence-corrected chi connectivity index (χ2v) is 8.59. The summed E-state index contributed by atoms with van der Waals surface area (Å²) < 4.78 is 6.72. The summed E-state index contributed by atoms with van der Waals surface area (Å²) in [6.45, 7) is 0. The van der Waals surface area contributed by atoms with Crippen LogP contribution in [0.15, 0.2) is 85.2 Å². The zero-order chi connectivity index (χ0) is 22.5. The zero-order valence-electron chi connectivity index (χ0n) is 18.7. The number of fused-ring (bicyclic) bond motifs is 1. The standard InChI is InChI=1S/C29H28N2O2/c32-26-13-7-12-23-24(26)16-17-27(25(23)15-14-21-8-3-1-4-9-21)33-28(20-29-30-18-19-31-29)22-10-5-2-6-11-22/h1-6,8-11,16-19,28H,7,12-15,20H2,(H,30,31)/t28-/m0/s1. The van der Waals surface area contributed by atoms with E-state index in [1.807, 2.05) is 42.6 Å². The van der Waals surface area contributed by atoms with E-state index in [0.717, 1.165) is 48.4 Å². The van der Waals surface area contributed by atoms with Crippen LogP contribution in [-0.4, -0.2) is 15.8 Å². The molecule has 1 N–H and O–H groups in total. The van der Waals surface area contributed by atoms with Gasteiger partial charge in [0.05, 0.1) is 0 Å².